The minimum atomic E-state index is -0.349. The van der Waals surface area contributed by atoms with Crippen LogP contribution in [-0.2, 0) is 0 Å². The van der Waals surface area contributed by atoms with Crippen molar-refractivity contribution in [2.45, 2.75) is 57.5 Å². The van der Waals surface area contributed by atoms with E-state index in [-0.39, 0.29) is 5.60 Å². The van der Waals surface area contributed by atoms with Crippen LogP contribution in [-0.4, -0.2) is 23.8 Å². The molecule has 0 amide bonds. The predicted molar refractivity (Wildman–Crippen MR) is 62.8 cm³/mol. The second kappa shape index (κ2) is 4.84. The average molecular weight is 211 g/mol. The van der Waals surface area contributed by atoms with E-state index in [9.17, 15) is 5.11 Å². The van der Waals surface area contributed by atoms with Crippen LogP contribution in [0.4, 0.5) is 0 Å². The topological polar surface area (TPSA) is 32.3 Å². The highest BCUT2D eigenvalue weighted by molar-refractivity contribution is 4.91. The van der Waals surface area contributed by atoms with E-state index in [0.717, 1.165) is 38.3 Å². The first-order valence-electron chi connectivity index (χ1n) is 6.64. The van der Waals surface area contributed by atoms with Crippen molar-refractivity contribution in [3.8, 4) is 0 Å². The van der Waals surface area contributed by atoms with Crippen LogP contribution in [0.5, 0.6) is 0 Å². The third-order valence-electron chi connectivity index (χ3n) is 4.39. The molecule has 0 spiro atoms. The molecule has 1 heterocycles. The van der Waals surface area contributed by atoms with Crippen molar-refractivity contribution in [2.75, 3.05) is 13.1 Å². The fourth-order valence-corrected chi connectivity index (χ4v) is 3.40. The van der Waals surface area contributed by atoms with Crippen LogP contribution in [0, 0.1) is 11.8 Å². The Hall–Kier alpha value is -0.0800. The zero-order chi connectivity index (χ0) is 10.7. The third-order valence-corrected chi connectivity index (χ3v) is 4.39. The maximum Gasteiger partial charge on any atom is 0.0688 e. The van der Waals surface area contributed by atoms with Crippen molar-refractivity contribution < 1.29 is 5.11 Å². The molecule has 1 aliphatic heterocycles. The molecule has 0 aromatic carbocycles. The fourth-order valence-electron chi connectivity index (χ4n) is 3.40. The van der Waals surface area contributed by atoms with Crippen LogP contribution in [0.1, 0.15) is 51.9 Å². The van der Waals surface area contributed by atoms with Crippen LogP contribution < -0.4 is 5.32 Å². The summed E-state index contributed by atoms with van der Waals surface area (Å²) in [5.74, 6) is 1.39. The summed E-state index contributed by atoms with van der Waals surface area (Å²) in [6, 6.07) is 0. The average Bonchev–Trinajstić information content (AvgIpc) is 2.44. The molecule has 2 fully saturated rings. The molecule has 2 N–H and O–H groups in total. The lowest BCUT2D eigenvalue weighted by molar-refractivity contribution is -0.0493. The van der Waals surface area contributed by atoms with Gasteiger partial charge in [0.2, 0.25) is 0 Å². The highest BCUT2D eigenvalue weighted by Gasteiger charge is 2.38. The Kier molecular flexibility index (Phi) is 3.68. The third kappa shape index (κ3) is 2.73. The summed E-state index contributed by atoms with van der Waals surface area (Å²) >= 11 is 0. The van der Waals surface area contributed by atoms with Crippen molar-refractivity contribution in [3.05, 3.63) is 0 Å². The zero-order valence-electron chi connectivity index (χ0n) is 9.97. The van der Waals surface area contributed by atoms with E-state index in [1.54, 1.807) is 0 Å². The standard InChI is InChI=1S/C13H25NO/c1-11-4-2-5-12(10-11)13(15)6-3-8-14-9-7-13/h11-12,14-15H,2-10H2,1H3. The molecule has 2 rings (SSSR count). The Balaban J connectivity index is 1.98. The van der Waals surface area contributed by atoms with Crippen LogP contribution in [0.25, 0.3) is 0 Å². The summed E-state index contributed by atoms with van der Waals surface area (Å²) in [4.78, 5) is 0. The zero-order valence-corrected chi connectivity index (χ0v) is 9.97. The van der Waals surface area contributed by atoms with Crippen molar-refractivity contribution >= 4 is 0 Å². The van der Waals surface area contributed by atoms with Crippen molar-refractivity contribution in [3.63, 3.8) is 0 Å². The van der Waals surface area contributed by atoms with E-state index >= 15 is 0 Å². The van der Waals surface area contributed by atoms with Crippen molar-refractivity contribution in [1.82, 2.24) is 5.32 Å². The molecule has 0 aromatic rings. The molecule has 15 heavy (non-hydrogen) atoms. The SMILES string of the molecule is CC1CCCC(C2(O)CCCNCC2)C1. The largest absolute Gasteiger partial charge is 0.390 e. The first-order chi connectivity index (χ1) is 7.21. The summed E-state index contributed by atoms with van der Waals surface area (Å²) in [6.07, 6.45) is 8.30. The van der Waals surface area contributed by atoms with Crippen LogP contribution in [0.15, 0.2) is 0 Å². The first-order valence-corrected chi connectivity index (χ1v) is 6.64. The normalized spacial score (nSPS) is 43.6. The Morgan fingerprint density at radius 1 is 1.13 bits per heavy atom. The van der Waals surface area contributed by atoms with Gasteiger partial charge in [0.25, 0.3) is 0 Å². The van der Waals surface area contributed by atoms with Gasteiger partial charge >= 0.3 is 0 Å². The molecule has 3 unspecified atom stereocenters. The number of nitrogens with one attached hydrogen (secondary N) is 1. The lowest BCUT2D eigenvalue weighted by Crippen LogP contribution is -2.41. The quantitative estimate of drug-likeness (QED) is 0.697. The number of rotatable bonds is 1. The molecule has 2 heteroatoms. The molecule has 88 valence electrons. The Bertz CT molecular complexity index is 197. The van der Waals surface area contributed by atoms with Gasteiger partial charge in [-0.1, -0.05) is 19.8 Å². The van der Waals surface area contributed by atoms with E-state index < -0.39 is 0 Å². The minimum Gasteiger partial charge on any atom is -0.390 e. The van der Waals surface area contributed by atoms with E-state index in [4.69, 9.17) is 0 Å². The van der Waals surface area contributed by atoms with Crippen molar-refractivity contribution in [2.24, 2.45) is 11.8 Å². The van der Waals surface area contributed by atoms with E-state index in [0.29, 0.717) is 5.92 Å². The molecule has 1 aliphatic carbocycles. The summed E-state index contributed by atoms with van der Waals surface area (Å²) in [6.45, 7) is 4.43. The summed E-state index contributed by atoms with van der Waals surface area (Å²) in [5.41, 5.74) is -0.349. The summed E-state index contributed by atoms with van der Waals surface area (Å²) in [5, 5.41) is 14.1. The van der Waals surface area contributed by atoms with Gasteiger partial charge in [0, 0.05) is 0 Å². The van der Waals surface area contributed by atoms with E-state index in [1.807, 2.05) is 0 Å². The molecule has 2 aliphatic rings. The molecule has 3 atom stereocenters. The number of hydrogen-bond donors (Lipinski definition) is 2. The lowest BCUT2D eigenvalue weighted by Gasteiger charge is -2.40. The lowest BCUT2D eigenvalue weighted by atomic mass is 9.70. The van der Waals surface area contributed by atoms with Gasteiger partial charge < -0.3 is 10.4 Å². The van der Waals surface area contributed by atoms with Gasteiger partial charge in [-0.25, -0.2) is 0 Å². The van der Waals surface area contributed by atoms with Gasteiger partial charge in [-0.3, -0.25) is 0 Å². The maximum absolute atomic E-state index is 10.8. The highest BCUT2D eigenvalue weighted by atomic mass is 16.3. The second-order valence-corrected chi connectivity index (χ2v) is 5.68. The van der Waals surface area contributed by atoms with Gasteiger partial charge in [0.05, 0.1) is 5.60 Å². The predicted octanol–water partition coefficient (Wildman–Crippen LogP) is 2.32. The molecule has 0 bridgehead atoms. The van der Waals surface area contributed by atoms with Gasteiger partial charge in [0.1, 0.15) is 0 Å². The Labute approximate surface area is 93.5 Å². The first kappa shape index (κ1) is 11.4. The van der Waals surface area contributed by atoms with Gasteiger partial charge in [-0.2, -0.15) is 0 Å². The molecule has 1 saturated heterocycles. The van der Waals surface area contributed by atoms with E-state index in [2.05, 4.69) is 12.2 Å². The molecule has 1 saturated carbocycles. The van der Waals surface area contributed by atoms with E-state index in [1.165, 1.54) is 25.7 Å². The fraction of sp³-hybridized carbons (Fsp3) is 1.00. The smallest absolute Gasteiger partial charge is 0.0688 e. The molecular formula is C13H25NO. The maximum atomic E-state index is 10.8. The molecule has 0 radical (unpaired) electrons. The summed E-state index contributed by atoms with van der Waals surface area (Å²) in [7, 11) is 0. The Morgan fingerprint density at radius 2 is 2.00 bits per heavy atom. The second-order valence-electron chi connectivity index (χ2n) is 5.68. The van der Waals surface area contributed by atoms with Crippen LogP contribution in [0.2, 0.25) is 0 Å². The van der Waals surface area contributed by atoms with Crippen LogP contribution in [0.3, 0.4) is 0 Å². The molecular weight excluding hydrogens is 186 g/mol. The van der Waals surface area contributed by atoms with Gasteiger partial charge in [-0.15, -0.1) is 0 Å². The summed E-state index contributed by atoms with van der Waals surface area (Å²) < 4.78 is 0. The van der Waals surface area contributed by atoms with Gasteiger partial charge in [-0.05, 0) is 57.0 Å². The monoisotopic (exact) mass is 211 g/mol. The van der Waals surface area contributed by atoms with Crippen LogP contribution >= 0.6 is 0 Å². The molecule has 2 nitrogen and oxygen atoms in total. The molecule has 0 aromatic heterocycles. The number of hydrogen-bond acceptors (Lipinski definition) is 2. The van der Waals surface area contributed by atoms with Crippen molar-refractivity contribution in [1.29, 1.82) is 0 Å². The van der Waals surface area contributed by atoms with Gasteiger partial charge in [0.15, 0.2) is 0 Å². The minimum absolute atomic E-state index is 0.349. The Morgan fingerprint density at radius 3 is 2.80 bits per heavy atom. The highest BCUT2D eigenvalue weighted by Crippen LogP contribution is 2.40. The number of aliphatic hydroxyl groups is 1.